The molecule has 8 heteroatoms. The molecule has 1 aliphatic rings. The maximum atomic E-state index is 12.0. The number of halogens is 3. The zero-order valence-corrected chi connectivity index (χ0v) is 11.6. The largest absolute Gasteiger partial charge is 0.389 e. The van der Waals surface area contributed by atoms with Gasteiger partial charge in [-0.3, -0.25) is 0 Å². The number of sulfonamides is 1. The molecule has 0 saturated carbocycles. The van der Waals surface area contributed by atoms with Crippen molar-refractivity contribution in [3.8, 4) is 0 Å². The molecule has 1 unspecified atom stereocenters. The Morgan fingerprint density at radius 2 is 2.00 bits per heavy atom. The van der Waals surface area contributed by atoms with E-state index in [1.165, 1.54) is 4.31 Å². The van der Waals surface area contributed by atoms with Gasteiger partial charge in [-0.25, -0.2) is 12.7 Å². The minimum Gasteiger partial charge on any atom is -0.330 e. The zero-order chi connectivity index (χ0) is 14.5. The van der Waals surface area contributed by atoms with E-state index < -0.39 is 28.4 Å². The Bertz CT molecular complexity index is 369. The summed E-state index contributed by atoms with van der Waals surface area (Å²) >= 11 is 0. The normalized spacial score (nSPS) is 22.6. The summed E-state index contributed by atoms with van der Waals surface area (Å²) in [5.74, 6) is -0.196. The van der Waals surface area contributed by atoms with Gasteiger partial charge in [-0.2, -0.15) is 13.2 Å². The molecule has 114 valence electrons. The molecule has 0 aliphatic carbocycles. The number of hydrogen-bond acceptors (Lipinski definition) is 3. The predicted octanol–water partition coefficient (Wildman–Crippen LogP) is 1.72. The van der Waals surface area contributed by atoms with Gasteiger partial charge in [0.15, 0.2) is 0 Å². The topological polar surface area (TPSA) is 63.4 Å². The number of piperidine rings is 1. The van der Waals surface area contributed by atoms with Crippen LogP contribution in [0.25, 0.3) is 0 Å². The van der Waals surface area contributed by atoms with E-state index in [1.54, 1.807) is 0 Å². The highest BCUT2D eigenvalue weighted by molar-refractivity contribution is 7.89. The third-order valence-corrected chi connectivity index (χ3v) is 5.24. The van der Waals surface area contributed by atoms with Gasteiger partial charge in [0.1, 0.15) is 0 Å². The first-order chi connectivity index (χ1) is 8.74. The monoisotopic (exact) mass is 302 g/mol. The van der Waals surface area contributed by atoms with Crippen LogP contribution >= 0.6 is 0 Å². The number of alkyl halides is 3. The van der Waals surface area contributed by atoms with E-state index in [-0.39, 0.29) is 12.3 Å². The fourth-order valence-electron chi connectivity index (χ4n) is 2.33. The molecule has 0 amide bonds. The Morgan fingerprint density at radius 1 is 1.32 bits per heavy atom. The van der Waals surface area contributed by atoms with Crippen molar-refractivity contribution in [2.24, 2.45) is 11.7 Å². The number of nitrogens with zero attached hydrogens (tertiary/aromatic N) is 1. The van der Waals surface area contributed by atoms with Crippen molar-refractivity contribution >= 4 is 10.0 Å². The highest BCUT2D eigenvalue weighted by Crippen LogP contribution is 2.24. The maximum absolute atomic E-state index is 12.0. The van der Waals surface area contributed by atoms with Crippen LogP contribution in [-0.2, 0) is 10.0 Å². The van der Waals surface area contributed by atoms with Crippen molar-refractivity contribution in [1.82, 2.24) is 4.31 Å². The molecule has 19 heavy (non-hydrogen) atoms. The summed E-state index contributed by atoms with van der Waals surface area (Å²) in [5, 5.41) is 0. The second-order valence-electron chi connectivity index (χ2n) is 4.98. The zero-order valence-electron chi connectivity index (χ0n) is 10.8. The molecule has 0 aromatic heterocycles. The van der Waals surface area contributed by atoms with Crippen LogP contribution in [0.3, 0.4) is 0 Å². The van der Waals surface area contributed by atoms with Gasteiger partial charge in [0.2, 0.25) is 10.0 Å². The van der Waals surface area contributed by atoms with Crippen molar-refractivity contribution in [1.29, 1.82) is 0 Å². The summed E-state index contributed by atoms with van der Waals surface area (Å²) in [5.41, 5.74) is 5.45. The molecular formula is C11H21F3N2O2S. The van der Waals surface area contributed by atoms with Gasteiger partial charge in [-0.05, 0) is 38.1 Å². The molecule has 0 spiro atoms. The average Bonchev–Trinajstić information content (AvgIpc) is 2.28. The van der Waals surface area contributed by atoms with E-state index >= 15 is 0 Å². The van der Waals surface area contributed by atoms with Crippen LogP contribution in [0.2, 0.25) is 0 Å². The average molecular weight is 302 g/mol. The second kappa shape index (κ2) is 6.90. The fraction of sp³-hybridized carbons (Fsp3) is 1.00. The van der Waals surface area contributed by atoms with E-state index in [4.69, 9.17) is 5.73 Å². The van der Waals surface area contributed by atoms with Gasteiger partial charge in [0, 0.05) is 19.5 Å². The van der Waals surface area contributed by atoms with Crippen LogP contribution in [0.4, 0.5) is 13.2 Å². The van der Waals surface area contributed by atoms with Gasteiger partial charge < -0.3 is 5.73 Å². The summed E-state index contributed by atoms with van der Waals surface area (Å²) in [4.78, 5) is 0. The molecule has 0 radical (unpaired) electrons. The summed E-state index contributed by atoms with van der Waals surface area (Å²) in [7, 11) is -3.56. The molecule has 1 atom stereocenters. The summed E-state index contributed by atoms with van der Waals surface area (Å²) in [6, 6.07) is 0. The lowest BCUT2D eigenvalue weighted by Gasteiger charge is -2.31. The molecule has 1 saturated heterocycles. The lowest BCUT2D eigenvalue weighted by Crippen LogP contribution is -2.41. The Labute approximate surface area is 112 Å². The minimum absolute atomic E-state index is 0.233. The molecular weight excluding hydrogens is 281 g/mol. The maximum Gasteiger partial charge on any atom is 0.389 e. The minimum atomic E-state index is -4.29. The Balaban J connectivity index is 2.47. The number of rotatable bonds is 6. The molecule has 1 heterocycles. The van der Waals surface area contributed by atoms with Crippen LogP contribution < -0.4 is 5.73 Å². The standard InChI is InChI=1S/C11H21F3N2O2S/c12-11(13,14)5-2-8-19(17,18)16-7-1-3-10(9-16)4-6-15/h10H,1-9,15H2. The van der Waals surface area contributed by atoms with Gasteiger partial charge in [0.25, 0.3) is 0 Å². The molecule has 1 aliphatic heterocycles. The molecule has 4 nitrogen and oxygen atoms in total. The first-order valence-corrected chi connectivity index (χ1v) is 8.10. The van der Waals surface area contributed by atoms with Crippen molar-refractivity contribution in [3.63, 3.8) is 0 Å². The lowest BCUT2D eigenvalue weighted by molar-refractivity contribution is -0.134. The van der Waals surface area contributed by atoms with E-state index in [0.29, 0.717) is 19.6 Å². The highest BCUT2D eigenvalue weighted by atomic mass is 32.2. The summed E-state index contributed by atoms with van der Waals surface area (Å²) in [6.07, 6.45) is -3.26. The van der Waals surface area contributed by atoms with Crippen molar-refractivity contribution in [2.45, 2.75) is 38.3 Å². The van der Waals surface area contributed by atoms with E-state index in [9.17, 15) is 21.6 Å². The third kappa shape index (κ3) is 6.09. The van der Waals surface area contributed by atoms with Crippen LogP contribution in [0.15, 0.2) is 0 Å². The van der Waals surface area contributed by atoms with E-state index in [2.05, 4.69) is 0 Å². The Kier molecular flexibility index (Phi) is 6.07. The smallest absolute Gasteiger partial charge is 0.330 e. The Morgan fingerprint density at radius 3 is 2.58 bits per heavy atom. The van der Waals surface area contributed by atoms with Gasteiger partial charge in [0.05, 0.1) is 5.75 Å². The van der Waals surface area contributed by atoms with E-state index in [0.717, 1.165) is 19.3 Å². The first-order valence-electron chi connectivity index (χ1n) is 6.49. The molecule has 0 aromatic carbocycles. The molecule has 0 aromatic rings. The Hall–Kier alpha value is -0.340. The van der Waals surface area contributed by atoms with Gasteiger partial charge in [-0.1, -0.05) is 0 Å². The first kappa shape index (κ1) is 16.7. The highest BCUT2D eigenvalue weighted by Gasteiger charge is 2.31. The SMILES string of the molecule is NCCC1CCCN(S(=O)(=O)CCCC(F)(F)F)C1. The van der Waals surface area contributed by atoms with E-state index in [1.807, 2.05) is 0 Å². The molecule has 1 fully saturated rings. The van der Waals surface area contributed by atoms with Crippen LogP contribution in [0.1, 0.15) is 32.1 Å². The second-order valence-corrected chi connectivity index (χ2v) is 7.07. The quantitative estimate of drug-likeness (QED) is 0.812. The summed E-state index contributed by atoms with van der Waals surface area (Å²) in [6.45, 7) is 1.31. The predicted molar refractivity (Wildman–Crippen MR) is 67.0 cm³/mol. The van der Waals surface area contributed by atoms with Crippen LogP contribution in [0, 0.1) is 5.92 Å². The van der Waals surface area contributed by atoms with Crippen LogP contribution in [-0.4, -0.2) is 44.3 Å². The summed E-state index contributed by atoms with van der Waals surface area (Å²) < 4.78 is 61.3. The van der Waals surface area contributed by atoms with Crippen LogP contribution in [0.5, 0.6) is 0 Å². The van der Waals surface area contributed by atoms with Crippen molar-refractivity contribution in [3.05, 3.63) is 0 Å². The number of nitrogens with two attached hydrogens (primary N) is 1. The molecule has 1 rings (SSSR count). The van der Waals surface area contributed by atoms with Gasteiger partial charge in [-0.15, -0.1) is 0 Å². The lowest BCUT2D eigenvalue weighted by atomic mass is 9.96. The van der Waals surface area contributed by atoms with Gasteiger partial charge >= 0.3 is 6.18 Å². The fourth-order valence-corrected chi connectivity index (χ4v) is 3.95. The molecule has 2 N–H and O–H groups in total. The van der Waals surface area contributed by atoms with Crippen molar-refractivity contribution in [2.75, 3.05) is 25.4 Å². The molecule has 0 bridgehead atoms. The number of hydrogen-bond donors (Lipinski definition) is 1. The van der Waals surface area contributed by atoms with Crippen molar-refractivity contribution < 1.29 is 21.6 Å². The third-order valence-electron chi connectivity index (χ3n) is 3.31.